The lowest BCUT2D eigenvalue weighted by molar-refractivity contribution is 0.742. The van der Waals surface area contributed by atoms with Gasteiger partial charge in [0.15, 0.2) is 0 Å². The zero-order valence-electron chi connectivity index (χ0n) is 10.2. The number of hydrogen-bond acceptors (Lipinski definition) is 6. The Morgan fingerprint density at radius 3 is 2.89 bits per heavy atom. The summed E-state index contributed by atoms with van der Waals surface area (Å²) in [6, 6.07) is 1.81. The van der Waals surface area contributed by atoms with Crippen LogP contribution in [-0.4, -0.2) is 38.3 Å². The van der Waals surface area contributed by atoms with Crippen molar-refractivity contribution in [2.75, 3.05) is 24.2 Å². The molecule has 1 fully saturated rings. The highest BCUT2D eigenvalue weighted by Gasteiger charge is 2.24. The van der Waals surface area contributed by atoms with Crippen LogP contribution in [0.5, 0.6) is 0 Å². The van der Waals surface area contributed by atoms with Gasteiger partial charge < -0.3 is 10.6 Å². The molecule has 0 aromatic carbocycles. The molecule has 18 heavy (non-hydrogen) atoms. The number of nitrogens with zero attached hydrogens (tertiary/aromatic N) is 6. The van der Waals surface area contributed by atoms with Crippen molar-refractivity contribution in [3.8, 4) is 5.95 Å². The first kappa shape index (κ1) is 10.9. The molecular weight excluding hydrogens is 230 g/mol. The van der Waals surface area contributed by atoms with Crippen LogP contribution in [0.4, 0.5) is 11.9 Å². The molecule has 0 aliphatic heterocycles. The summed E-state index contributed by atoms with van der Waals surface area (Å²) >= 11 is 0. The van der Waals surface area contributed by atoms with E-state index in [2.05, 4.69) is 20.1 Å². The topological polar surface area (TPSA) is 85.8 Å². The molecule has 2 heterocycles. The fraction of sp³-hybridized carbons (Fsp3) is 0.455. The second-order valence-corrected chi connectivity index (χ2v) is 4.57. The van der Waals surface area contributed by atoms with E-state index in [1.165, 1.54) is 12.8 Å². The van der Waals surface area contributed by atoms with E-state index in [1.807, 2.05) is 18.0 Å². The summed E-state index contributed by atoms with van der Waals surface area (Å²) in [4.78, 5) is 14.6. The minimum Gasteiger partial charge on any atom is -0.368 e. The summed E-state index contributed by atoms with van der Waals surface area (Å²) in [7, 11) is 1.97. The van der Waals surface area contributed by atoms with Gasteiger partial charge in [0.05, 0.1) is 0 Å². The zero-order valence-corrected chi connectivity index (χ0v) is 10.2. The highest BCUT2D eigenvalue weighted by molar-refractivity contribution is 5.37. The predicted octanol–water partition coefficient (Wildman–Crippen LogP) is 0.486. The maximum absolute atomic E-state index is 5.72. The minimum absolute atomic E-state index is 0.216. The first-order valence-electron chi connectivity index (χ1n) is 5.95. The van der Waals surface area contributed by atoms with Crippen LogP contribution in [0, 0.1) is 5.92 Å². The molecule has 1 aliphatic carbocycles. The number of nitrogen functional groups attached to an aromatic ring is 1. The highest BCUT2D eigenvalue weighted by Crippen LogP contribution is 2.30. The summed E-state index contributed by atoms with van der Waals surface area (Å²) in [6.45, 7) is 0.960. The molecule has 1 saturated carbocycles. The van der Waals surface area contributed by atoms with Gasteiger partial charge in [-0.2, -0.15) is 20.1 Å². The lowest BCUT2D eigenvalue weighted by Gasteiger charge is -2.17. The number of anilines is 2. The quantitative estimate of drug-likeness (QED) is 0.843. The van der Waals surface area contributed by atoms with Gasteiger partial charge in [-0.1, -0.05) is 0 Å². The average molecular weight is 245 g/mol. The SMILES string of the molecule is CN(CC1CC1)c1nc(N)nc(-n2cccn2)n1. The van der Waals surface area contributed by atoms with Crippen molar-refractivity contribution in [1.29, 1.82) is 0 Å². The van der Waals surface area contributed by atoms with Crippen molar-refractivity contribution in [3.05, 3.63) is 18.5 Å². The van der Waals surface area contributed by atoms with E-state index in [1.54, 1.807) is 17.1 Å². The molecule has 0 bridgehead atoms. The van der Waals surface area contributed by atoms with Crippen LogP contribution >= 0.6 is 0 Å². The lowest BCUT2D eigenvalue weighted by Crippen LogP contribution is -2.24. The molecule has 2 aromatic rings. The normalized spacial score (nSPS) is 14.7. The maximum atomic E-state index is 5.72. The molecular formula is C11H15N7. The predicted molar refractivity (Wildman–Crippen MR) is 67.4 cm³/mol. The van der Waals surface area contributed by atoms with Crippen molar-refractivity contribution in [1.82, 2.24) is 24.7 Å². The lowest BCUT2D eigenvalue weighted by atomic mass is 10.4. The molecule has 1 aliphatic rings. The third kappa shape index (κ3) is 2.24. The van der Waals surface area contributed by atoms with E-state index >= 15 is 0 Å². The number of rotatable bonds is 4. The van der Waals surface area contributed by atoms with Crippen LogP contribution in [0.2, 0.25) is 0 Å². The second-order valence-electron chi connectivity index (χ2n) is 4.57. The van der Waals surface area contributed by atoms with Crippen molar-refractivity contribution in [2.24, 2.45) is 5.92 Å². The van der Waals surface area contributed by atoms with Crippen molar-refractivity contribution < 1.29 is 0 Å². The van der Waals surface area contributed by atoms with Crippen LogP contribution in [0.15, 0.2) is 18.5 Å². The maximum Gasteiger partial charge on any atom is 0.257 e. The molecule has 0 radical (unpaired) electrons. The second kappa shape index (κ2) is 4.25. The van der Waals surface area contributed by atoms with Crippen molar-refractivity contribution >= 4 is 11.9 Å². The van der Waals surface area contributed by atoms with E-state index in [9.17, 15) is 0 Å². The standard InChI is InChI=1S/C11H15N7/c1-17(7-8-3-4-8)10-14-9(12)15-11(16-10)18-6-2-5-13-18/h2,5-6,8H,3-4,7H2,1H3,(H2,12,14,15,16). The van der Waals surface area contributed by atoms with Gasteiger partial charge in [-0.25, -0.2) is 4.68 Å². The van der Waals surface area contributed by atoms with E-state index in [0.717, 1.165) is 12.5 Å². The summed E-state index contributed by atoms with van der Waals surface area (Å²) in [5.41, 5.74) is 5.72. The van der Waals surface area contributed by atoms with Gasteiger partial charge in [-0.15, -0.1) is 0 Å². The first-order valence-corrected chi connectivity index (χ1v) is 5.95. The molecule has 0 amide bonds. The smallest absolute Gasteiger partial charge is 0.257 e. The Morgan fingerprint density at radius 2 is 2.22 bits per heavy atom. The molecule has 2 aromatic heterocycles. The minimum atomic E-state index is 0.216. The summed E-state index contributed by atoms with van der Waals surface area (Å²) in [5, 5.41) is 4.09. The van der Waals surface area contributed by atoms with Crippen LogP contribution in [0.1, 0.15) is 12.8 Å². The van der Waals surface area contributed by atoms with E-state index in [-0.39, 0.29) is 5.95 Å². The Labute approximate surface area is 105 Å². The van der Waals surface area contributed by atoms with Crippen LogP contribution in [0.3, 0.4) is 0 Å². The monoisotopic (exact) mass is 245 g/mol. The van der Waals surface area contributed by atoms with Gasteiger partial charge in [0.1, 0.15) is 0 Å². The Kier molecular flexibility index (Phi) is 2.58. The molecule has 0 saturated heterocycles. The molecule has 3 rings (SSSR count). The molecule has 7 nitrogen and oxygen atoms in total. The molecule has 0 atom stereocenters. The van der Waals surface area contributed by atoms with Gasteiger partial charge in [0.25, 0.3) is 5.95 Å². The number of aromatic nitrogens is 5. The Bertz CT molecular complexity index is 532. The highest BCUT2D eigenvalue weighted by atomic mass is 15.4. The number of hydrogen-bond donors (Lipinski definition) is 1. The molecule has 0 unspecified atom stereocenters. The summed E-state index contributed by atoms with van der Waals surface area (Å²) < 4.78 is 1.58. The fourth-order valence-corrected chi connectivity index (χ4v) is 1.80. The first-order chi connectivity index (χ1) is 8.72. The Hall–Kier alpha value is -2.18. The Morgan fingerprint density at radius 1 is 1.39 bits per heavy atom. The molecule has 0 spiro atoms. The van der Waals surface area contributed by atoms with Gasteiger partial charge in [-0.3, -0.25) is 0 Å². The van der Waals surface area contributed by atoms with Gasteiger partial charge in [0, 0.05) is 26.0 Å². The largest absolute Gasteiger partial charge is 0.368 e. The van der Waals surface area contributed by atoms with Gasteiger partial charge >= 0.3 is 0 Å². The Balaban J connectivity index is 1.89. The zero-order chi connectivity index (χ0) is 12.5. The molecule has 2 N–H and O–H groups in total. The van der Waals surface area contributed by atoms with Crippen LogP contribution in [0.25, 0.3) is 5.95 Å². The average Bonchev–Trinajstić information content (AvgIpc) is 2.99. The van der Waals surface area contributed by atoms with Gasteiger partial charge in [0.2, 0.25) is 11.9 Å². The van der Waals surface area contributed by atoms with E-state index in [4.69, 9.17) is 5.73 Å². The third-order valence-corrected chi connectivity index (χ3v) is 2.91. The fourth-order valence-electron chi connectivity index (χ4n) is 1.80. The van der Waals surface area contributed by atoms with E-state index < -0.39 is 0 Å². The van der Waals surface area contributed by atoms with Crippen molar-refractivity contribution in [2.45, 2.75) is 12.8 Å². The van der Waals surface area contributed by atoms with Crippen molar-refractivity contribution in [3.63, 3.8) is 0 Å². The molecule has 94 valence electrons. The van der Waals surface area contributed by atoms with Gasteiger partial charge in [-0.05, 0) is 24.8 Å². The van der Waals surface area contributed by atoms with Crippen LogP contribution in [-0.2, 0) is 0 Å². The number of nitrogens with two attached hydrogens (primary N) is 1. The third-order valence-electron chi connectivity index (χ3n) is 2.91. The summed E-state index contributed by atoms with van der Waals surface area (Å²) in [6.07, 6.45) is 6.03. The van der Waals surface area contributed by atoms with Crippen LogP contribution < -0.4 is 10.6 Å². The summed E-state index contributed by atoms with van der Waals surface area (Å²) in [5.74, 6) is 2.03. The molecule has 7 heteroatoms. The van der Waals surface area contributed by atoms with E-state index in [0.29, 0.717) is 11.9 Å².